The van der Waals surface area contributed by atoms with Crippen molar-refractivity contribution >= 4 is 17.4 Å². The van der Waals surface area contributed by atoms with Gasteiger partial charge in [0.25, 0.3) is 11.7 Å². The number of hydrogen-bond donors (Lipinski definition) is 1. The summed E-state index contributed by atoms with van der Waals surface area (Å²) >= 11 is 0. The van der Waals surface area contributed by atoms with Gasteiger partial charge in [0.1, 0.15) is 5.82 Å². The van der Waals surface area contributed by atoms with Crippen molar-refractivity contribution in [3.8, 4) is 0 Å². The molecule has 0 saturated carbocycles. The monoisotopic (exact) mass is 285 g/mol. The van der Waals surface area contributed by atoms with Crippen LogP contribution in [0.4, 0.5) is 10.1 Å². The van der Waals surface area contributed by atoms with Gasteiger partial charge in [0.2, 0.25) is 5.82 Å². The molecule has 0 aliphatic rings. The van der Waals surface area contributed by atoms with Gasteiger partial charge < -0.3 is 5.32 Å². The number of carbonyl (C=O) groups is 1. The van der Waals surface area contributed by atoms with Gasteiger partial charge in [-0.1, -0.05) is 6.07 Å². The molecule has 6 nitrogen and oxygen atoms in total. The fourth-order valence-corrected chi connectivity index (χ4v) is 1.90. The van der Waals surface area contributed by atoms with Gasteiger partial charge in [0.15, 0.2) is 0 Å². The molecule has 0 bridgehead atoms. The summed E-state index contributed by atoms with van der Waals surface area (Å²) in [7, 11) is 0. The number of hydrogen-bond acceptors (Lipinski definition) is 4. The maximum absolute atomic E-state index is 13.7. The van der Waals surface area contributed by atoms with Crippen LogP contribution in [0.2, 0.25) is 0 Å². The van der Waals surface area contributed by atoms with Gasteiger partial charge in [-0.3, -0.25) is 4.79 Å². The molecule has 3 aromatic rings. The Morgan fingerprint density at radius 1 is 1.29 bits per heavy atom. The molecule has 2 aromatic heterocycles. The molecule has 3 rings (SSSR count). The molecule has 106 valence electrons. The SMILES string of the molecule is Cc1ccc(NC(=O)c2nc3nccc(C)n3n2)c(F)c1. The van der Waals surface area contributed by atoms with E-state index in [0.29, 0.717) is 5.78 Å². The van der Waals surface area contributed by atoms with E-state index in [4.69, 9.17) is 0 Å². The van der Waals surface area contributed by atoms with Crippen LogP contribution >= 0.6 is 0 Å². The molecule has 0 fully saturated rings. The van der Waals surface area contributed by atoms with Crippen molar-refractivity contribution in [3.63, 3.8) is 0 Å². The molecule has 0 aliphatic carbocycles. The minimum atomic E-state index is -0.581. The molecule has 0 aliphatic heterocycles. The van der Waals surface area contributed by atoms with Crippen LogP contribution in [0.5, 0.6) is 0 Å². The second-order valence-electron chi connectivity index (χ2n) is 4.67. The van der Waals surface area contributed by atoms with E-state index in [2.05, 4.69) is 20.4 Å². The molecule has 2 heterocycles. The Kier molecular flexibility index (Phi) is 3.09. The third-order valence-corrected chi connectivity index (χ3v) is 3.01. The lowest BCUT2D eigenvalue weighted by atomic mass is 10.2. The first-order valence-corrected chi connectivity index (χ1v) is 6.30. The van der Waals surface area contributed by atoms with E-state index >= 15 is 0 Å². The molecule has 1 aromatic carbocycles. The number of anilines is 1. The number of amides is 1. The normalized spacial score (nSPS) is 10.8. The summed E-state index contributed by atoms with van der Waals surface area (Å²) in [6.07, 6.45) is 1.58. The van der Waals surface area contributed by atoms with Crippen molar-refractivity contribution in [2.75, 3.05) is 5.32 Å². The quantitative estimate of drug-likeness (QED) is 0.783. The summed E-state index contributed by atoms with van der Waals surface area (Å²) in [5, 5.41) is 6.52. The van der Waals surface area contributed by atoms with Gasteiger partial charge in [0.05, 0.1) is 5.69 Å². The Hall–Kier alpha value is -2.83. The van der Waals surface area contributed by atoms with Crippen LogP contribution < -0.4 is 5.32 Å². The number of rotatable bonds is 2. The minimum Gasteiger partial charge on any atom is -0.317 e. The number of nitrogens with one attached hydrogen (secondary N) is 1. The van der Waals surface area contributed by atoms with E-state index in [-0.39, 0.29) is 11.5 Å². The maximum Gasteiger partial charge on any atom is 0.295 e. The van der Waals surface area contributed by atoms with Crippen molar-refractivity contribution in [1.82, 2.24) is 19.6 Å². The maximum atomic E-state index is 13.7. The van der Waals surface area contributed by atoms with Crippen molar-refractivity contribution in [2.45, 2.75) is 13.8 Å². The zero-order chi connectivity index (χ0) is 15.0. The van der Waals surface area contributed by atoms with Crippen LogP contribution in [0.15, 0.2) is 30.5 Å². The van der Waals surface area contributed by atoms with Gasteiger partial charge in [0, 0.05) is 11.9 Å². The zero-order valence-corrected chi connectivity index (χ0v) is 11.5. The number of aryl methyl sites for hydroxylation is 2. The fraction of sp³-hybridized carbons (Fsp3) is 0.143. The van der Waals surface area contributed by atoms with E-state index in [1.54, 1.807) is 25.3 Å². The van der Waals surface area contributed by atoms with Gasteiger partial charge in [-0.05, 0) is 37.6 Å². The fourth-order valence-electron chi connectivity index (χ4n) is 1.90. The highest BCUT2D eigenvalue weighted by molar-refractivity contribution is 6.01. The highest BCUT2D eigenvalue weighted by atomic mass is 19.1. The zero-order valence-electron chi connectivity index (χ0n) is 11.5. The molecular weight excluding hydrogens is 273 g/mol. The number of halogens is 1. The first-order chi connectivity index (χ1) is 10.0. The standard InChI is InChI=1S/C14H12FN5O/c1-8-3-4-11(10(15)7-8)17-13(21)12-18-14-16-6-5-9(2)20(14)19-12/h3-7H,1-2H3,(H,17,21). The molecule has 1 N–H and O–H groups in total. The van der Waals surface area contributed by atoms with Crippen LogP contribution in [0.1, 0.15) is 21.9 Å². The van der Waals surface area contributed by atoms with Crippen molar-refractivity contribution in [2.24, 2.45) is 0 Å². The smallest absolute Gasteiger partial charge is 0.295 e. The van der Waals surface area contributed by atoms with E-state index in [1.807, 2.05) is 6.92 Å². The van der Waals surface area contributed by atoms with Gasteiger partial charge in [-0.25, -0.2) is 13.9 Å². The molecule has 0 radical (unpaired) electrons. The topological polar surface area (TPSA) is 72.2 Å². The summed E-state index contributed by atoms with van der Waals surface area (Å²) < 4.78 is 15.2. The molecule has 0 spiro atoms. The lowest BCUT2D eigenvalue weighted by Gasteiger charge is -2.04. The van der Waals surface area contributed by atoms with Gasteiger partial charge >= 0.3 is 0 Å². The van der Waals surface area contributed by atoms with E-state index in [9.17, 15) is 9.18 Å². The third-order valence-electron chi connectivity index (χ3n) is 3.01. The summed E-state index contributed by atoms with van der Waals surface area (Å²) in [4.78, 5) is 20.1. The molecule has 0 atom stereocenters. The number of fused-ring (bicyclic) bond motifs is 1. The molecule has 21 heavy (non-hydrogen) atoms. The minimum absolute atomic E-state index is 0.0585. The lowest BCUT2D eigenvalue weighted by molar-refractivity contribution is 0.101. The lowest BCUT2D eigenvalue weighted by Crippen LogP contribution is -2.15. The molecule has 0 saturated heterocycles. The molecule has 7 heteroatoms. The van der Waals surface area contributed by atoms with Gasteiger partial charge in [-0.2, -0.15) is 4.98 Å². The third kappa shape index (κ3) is 2.45. The largest absolute Gasteiger partial charge is 0.317 e. The predicted molar refractivity (Wildman–Crippen MR) is 74.6 cm³/mol. The molecule has 0 unspecified atom stereocenters. The van der Waals surface area contributed by atoms with Crippen molar-refractivity contribution < 1.29 is 9.18 Å². The Balaban J connectivity index is 1.92. The average Bonchev–Trinajstić information content (AvgIpc) is 2.87. The molecule has 1 amide bonds. The number of nitrogens with zero attached hydrogens (tertiary/aromatic N) is 4. The van der Waals surface area contributed by atoms with E-state index < -0.39 is 11.7 Å². The number of aromatic nitrogens is 4. The highest BCUT2D eigenvalue weighted by Crippen LogP contribution is 2.16. The Morgan fingerprint density at radius 2 is 2.10 bits per heavy atom. The van der Waals surface area contributed by atoms with E-state index in [1.165, 1.54) is 16.6 Å². The second-order valence-corrected chi connectivity index (χ2v) is 4.67. The average molecular weight is 285 g/mol. The number of benzene rings is 1. The van der Waals surface area contributed by atoms with E-state index in [0.717, 1.165) is 11.3 Å². The van der Waals surface area contributed by atoms with Crippen LogP contribution in [0, 0.1) is 19.7 Å². The predicted octanol–water partition coefficient (Wildman–Crippen LogP) is 2.13. The number of carbonyl (C=O) groups excluding carboxylic acids is 1. The summed E-state index contributed by atoms with van der Waals surface area (Å²) in [6.45, 7) is 3.59. The second kappa shape index (κ2) is 4.93. The Bertz CT molecular complexity index is 842. The van der Waals surface area contributed by atoms with Crippen LogP contribution in [0.25, 0.3) is 5.78 Å². The summed E-state index contributed by atoms with van der Waals surface area (Å²) in [5.74, 6) is -0.814. The van der Waals surface area contributed by atoms with Crippen molar-refractivity contribution in [1.29, 1.82) is 0 Å². The molecular formula is C14H12FN5O. The first-order valence-electron chi connectivity index (χ1n) is 6.30. The van der Waals surface area contributed by atoms with Gasteiger partial charge in [-0.15, -0.1) is 5.10 Å². The Labute approximate surface area is 119 Å². The van der Waals surface area contributed by atoms with Crippen molar-refractivity contribution in [3.05, 3.63) is 53.4 Å². The Morgan fingerprint density at radius 3 is 2.81 bits per heavy atom. The van der Waals surface area contributed by atoms with Crippen LogP contribution in [-0.4, -0.2) is 25.5 Å². The summed E-state index contributed by atoms with van der Waals surface area (Å²) in [5.41, 5.74) is 1.67. The first kappa shape index (κ1) is 13.2. The van der Waals surface area contributed by atoms with Crippen LogP contribution in [0.3, 0.4) is 0 Å². The summed E-state index contributed by atoms with van der Waals surface area (Å²) in [6, 6.07) is 6.31. The van der Waals surface area contributed by atoms with Crippen LogP contribution in [-0.2, 0) is 0 Å². The highest BCUT2D eigenvalue weighted by Gasteiger charge is 2.16.